The van der Waals surface area contributed by atoms with Crippen LogP contribution in [0.25, 0.3) is 0 Å². The van der Waals surface area contributed by atoms with Gasteiger partial charge in [0.2, 0.25) is 11.8 Å². The van der Waals surface area contributed by atoms with Crippen LogP contribution in [0, 0.1) is 5.92 Å². The lowest BCUT2D eigenvalue weighted by atomic mass is 9.82. The molecule has 2 aromatic carbocycles. The third-order valence-corrected chi connectivity index (χ3v) is 6.07. The highest BCUT2D eigenvalue weighted by Gasteiger charge is 2.42. The van der Waals surface area contributed by atoms with Gasteiger partial charge >= 0.3 is 0 Å². The van der Waals surface area contributed by atoms with E-state index in [9.17, 15) is 9.59 Å². The maximum Gasteiger partial charge on any atom is 0.228 e. The molecule has 2 aliphatic heterocycles. The fourth-order valence-electron chi connectivity index (χ4n) is 4.58. The summed E-state index contributed by atoms with van der Waals surface area (Å²) < 4.78 is 5.27. The highest BCUT2D eigenvalue weighted by atomic mass is 16.5. The molecule has 0 aromatic heterocycles. The predicted molar refractivity (Wildman–Crippen MR) is 113 cm³/mol. The summed E-state index contributed by atoms with van der Waals surface area (Å²) in [5.74, 6) is 0.766. The van der Waals surface area contributed by atoms with Gasteiger partial charge in [0.05, 0.1) is 19.1 Å². The average molecular weight is 392 g/mol. The van der Waals surface area contributed by atoms with Crippen LogP contribution < -0.4 is 9.64 Å². The van der Waals surface area contributed by atoms with Crippen molar-refractivity contribution in [2.45, 2.75) is 38.1 Å². The summed E-state index contributed by atoms with van der Waals surface area (Å²) in [5.41, 5.74) is 1.81. The number of hydrogen-bond acceptors (Lipinski definition) is 3. The van der Waals surface area contributed by atoms with Crippen LogP contribution in [0.2, 0.25) is 0 Å². The van der Waals surface area contributed by atoms with E-state index < -0.39 is 0 Å². The number of likely N-dealkylation sites (tertiary alicyclic amines) is 1. The summed E-state index contributed by atoms with van der Waals surface area (Å²) in [7, 11) is 1.63. The van der Waals surface area contributed by atoms with E-state index in [1.165, 1.54) is 6.42 Å². The SMILES string of the molecule is COc1ccc(N2C(=O)CC[C@H](C(=O)N3CCCCC3)[C@@H]2c2ccccc2)cc1. The molecule has 2 aliphatic rings. The number of methoxy groups -OCH3 is 1. The quantitative estimate of drug-likeness (QED) is 0.784. The van der Waals surface area contributed by atoms with E-state index in [4.69, 9.17) is 4.74 Å². The van der Waals surface area contributed by atoms with Crippen molar-refractivity contribution in [3.8, 4) is 5.75 Å². The van der Waals surface area contributed by atoms with Gasteiger partial charge in [-0.15, -0.1) is 0 Å². The summed E-state index contributed by atoms with van der Waals surface area (Å²) in [6, 6.07) is 17.2. The molecule has 0 radical (unpaired) electrons. The number of hydrogen-bond donors (Lipinski definition) is 0. The van der Waals surface area contributed by atoms with Gasteiger partial charge < -0.3 is 14.5 Å². The van der Waals surface area contributed by atoms with E-state index in [-0.39, 0.29) is 23.8 Å². The zero-order valence-corrected chi connectivity index (χ0v) is 16.9. The number of benzene rings is 2. The molecule has 0 aliphatic carbocycles. The molecule has 2 heterocycles. The Morgan fingerprint density at radius 3 is 2.31 bits per heavy atom. The van der Waals surface area contributed by atoms with Crippen molar-refractivity contribution in [1.29, 1.82) is 0 Å². The smallest absolute Gasteiger partial charge is 0.228 e. The highest BCUT2D eigenvalue weighted by Crippen LogP contribution is 2.41. The van der Waals surface area contributed by atoms with Crippen molar-refractivity contribution in [3.05, 3.63) is 60.2 Å². The van der Waals surface area contributed by atoms with E-state index in [0.717, 1.165) is 42.9 Å². The number of piperidine rings is 2. The molecular formula is C24H28N2O3. The zero-order chi connectivity index (χ0) is 20.2. The molecule has 0 saturated carbocycles. The molecule has 0 N–H and O–H groups in total. The number of nitrogens with zero attached hydrogens (tertiary/aromatic N) is 2. The van der Waals surface area contributed by atoms with Gasteiger partial charge in [0, 0.05) is 25.2 Å². The van der Waals surface area contributed by atoms with Crippen LogP contribution in [0.3, 0.4) is 0 Å². The molecule has 152 valence electrons. The minimum Gasteiger partial charge on any atom is -0.497 e. The molecule has 29 heavy (non-hydrogen) atoms. The highest BCUT2D eigenvalue weighted by molar-refractivity contribution is 5.97. The van der Waals surface area contributed by atoms with Crippen molar-refractivity contribution < 1.29 is 14.3 Å². The lowest BCUT2D eigenvalue weighted by Crippen LogP contribution is -2.50. The first-order valence-corrected chi connectivity index (χ1v) is 10.5. The number of carbonyl (C=O) groups excluding carboxylic acids is 2. The number of amides is 2. The lowest BCUT2D eigenvalue weighted by Gasteiger charge is -2.43. The second-order valence-corrected chi connectivity index (χ2v) is 7.85. The Kier molecular flexibility index (Phi) is 5.84. The van der Waals surface area contributed by atoms with Crippen LogP contribution in [0.1, 0.15) is 43.7 Å². The molecule has 0 unspecified atom stereocenters. The van der Waals surface area contributed by atoms with Crippen LogP contribution in [-0.2, 0) is 9.59 Å². The van der Waals surface area contributed by atoms with Crippen LogP contribution in [-0.4, -0.2) is 36.9 Å². The number of carbonyl (C=O) groups is 2. The Morgan fingerprint density at radius 1 is 0.966 bits per heavy atom. The third kappa shape index (κ3) is 4.00. The number of ether oxygens (including phenoxy) is 1. The van der Waals surface area contributed by atoms with E-state index in [1.54, 1.807) is 7.11 Å². The summed E-state index contributed by atoms with van der Waals surface area (Å²) in [5, 5.41) is 0. The van der Waals surface area contributed by atoms with E-state index >= 15 is 0 Å². The molecule has 5 nitrogen and oxygen atoms in total. The predicted octanol–water partition coefficient (Wildman–Crippen LogP) is 4.19. The topological polar surface area (TPSA) is 49.9 Å². The molecule has 5 heteroatoms. The summed E-state index contributed by atoms with van der Waals surface area (Å²) in [6.45, 7) is 1.65. The zero-order valence-electron chi connectivity index (χ0n) is 16.9. The third-order valence-electron chi connectivity index (χ3n) is 6.07. The second-order valence-electron chi connectivity index (χ2n) is 7.85. The summed E-state index contributed by atoms with van der Waals surface area (Å²) >= 11 is 0. The van der Waals surface area contributed by atoms with Gasteiger partial charge in [-0.1, -0.05) is 30.3 Å². The van der Waals surface area contributed by atoms with Crippen LogP contribution in [0.4, 0.5) is 5.69 Å². The minimum atomic E-state index is -0.291. The minimum absolute atomic E-state index is 0.0618. The van der Waals surface area contributed by atoms with Gasteiger partial charge in [0.15, 0.2) is 0 Å². The van der Waals surface area contributed by atoms with Crippen molar-refractivity contribution in [3.63, 3.8) is 0 Å². The Labute approximate surface area is 172 Å². The standard InChI is InChI=1S/C24H28N2O3/c1-29-20-12-10-19(11-13-20)26-22(27)15-14-21(23(26)18-8-4-2-5-9-18)24(28)25-16-6-3-7-17-25/h2,4-5,8-13,21,23H,3,6-7,14-17H2,1H3/t21-,23-/m0/s1. The maximum atomic E-state index is 13.5. The average Bonchev–Trinajstić information content (AvgIpc) is 2.79. The van der Waals surface area contributed by atoms with E-state index in [1.807, 2.05) is 64.4 Å². The van der Waals surface area contributed by atoms with Gasteiger partial charge in [-0.25, -0.2) is 0 Å². The Hall–Kier alpha value is -2.82. The Bertz CT molecular complexity index is 844. The fraction of sp³-hybridized carbons (Fsp3) is 0.417. The van der Waals surface area contributed by atoms with Crippen molar-refractivity contribution in [2.75, 3.05) is 25.1 Å². The molecule has 0 spiro atoms. The van der Waals surface area contributed by atoms with Crippen LogP contribution in [0.15, 0.2) is 54.6 Å². The first-order valence-electron chi connectivity index (χ1n) is 10.5. The Balaban J connectivity index is 1.72. The lowest BCUT2D eigenvalue weighted by molar-refractivity contribution is -0.139. The van der Waals surface area contributed by atoms with Gasteiger partial charge in [-0.3, -0.25) is 9.59 Å². The fourth-order valence-corrected chi connectivity index (χ4v) is 4.58. The van der Waals surface area contributed by atoms with Gasteiger partial charge in [0.1, 0.15) is 5.75 Å². The van der Waals surface area contributed by atoms with Gasteiger partial charge in [0.25, 0.3) is 0 Å². The molecular weight excluding hydrogens is 364 g/mol. The largest absolute Gasteiger partial charge is 0.497 e. The maximum absolute atomic E-state index is 13.5. The second kappa shape index (κ2) is 8.68. The van der Waals surface area contributed by atoms with Crippen LogP contribution >= 0.6 is 0 Å². The van der Waals surface area contributed by atoms with Crippen molar-refractivity contribution in [2.24, 2.45) is 5.92 Å². The summed E-state index contributed by atoms with van der Waals surface area (Å²) in [6.07, 6.45) is 4.30. The molecule has 2 amide bonds. The van der Waals surface area contributed by atoms with Gasteiger partial charge in [-0.05, 0) is 55.5 Å². The molecule has 2 fully saturated rings. The molecule has 2 atom stereocenters. The Morgan fingerprint density at radius 2 is 1.66 bits per heavy atom. The molecule has 2 saturated heterocycles. The molecule has 4 rings (SSSR count). The number of rotatable bonds is 4. The number of anilines is 1. The summed E-state index contributed by atoms with van der Waals surface area (Å²) in [4.78, 5) is 30.4. The van der Waals surface area contributed by atoms with Crippen LogP contribution in [0.5, 0.6) is 5.75 Å². The first kappa shape index (κ1) is 19.5. The molecule has 0 bridgehead atoms. The monoisotopic (exact) mass is 392 g/mol. The van der Waals surface area contributed by atoms with Gasteiger partial charge in [-0.2, -0.15) is 0 Å². The van der Waals surface area contributed by atoms with E-state index in [2.05, 4.69) is 0 Å². The first-order chi connectivity index (χ1) is 14.2. The van der Waals surface area contributed by atoms with Crippen molar-refractivity contribution in [1.82, 2.24) is 4.90 Å². The normalized spacial score (nSPS) is 22.4. The molecule has 2 aromatic rings. The van der Waals surface area contributed by atoms with E-state index in [0.29, 0.717) is 12.8 Å². The van der Waals surface area contributed by atoms with Crippen molar-refractivity contribution >= 4 is 17.5 Å².